The molecule has 2 rings (SSSR count). The minimum atomic E-state index is 1.02. The number of aryl methyl sites for hydroxylation is 1. The molecule has 3 heteroatoms. The highest BCUT2D eigenvalue weighted by Crippen LogP contribution is 2.13. The highest BCUT2D eigenvalue weighted by atomic mass is 15.1. The Labute approximate surface area is 90.3 Å². The maximum absolute atomic E-state index is 4.49. The van der Waals surface area contributed by atoms with Gasteiger partial charge in [-0.25, -0.2) is 0 Å². The summed E-state index contributed by atoms with van der Waals surface area (Å²) in [5.41, 5.74) is 3.39. The zero-order chi connectivity index (χ0) is 10.8. The van der Waals surface area contributed by atoms with Gasteiger partial charge in [0.25, 0.3) is 0 Å². The predicted molar refractivity (Wildman–Crippen MR) is 63.0 cm³/mol. The van der Waals surface area contributed by atoms with E-state index in [1.807, 2.05) is 6.92 Å². The molecule has 2 heterocycles. The highest BCUT2D eigenvalue weighted by Gasteiger charge is 2.02. The van der Waals surface area contributed by atoms with Crippen LogP contribution in [0, 0.1) is 6.92 Å². The fourth-order valence-corrected chi connectivity index (χ4v) is 1.68. The number of hydrogen-bond acceptors (Lipinski definition) is 2. The van der Waals surface area contributed by atoms with Crippen LogP contribution in [0.5, 0.6) is 0 Å². The van der Waals surface area contributed by atoms with Crippen LogP contribution < -0.4 is 0 Å². The molecule has 0 aliphatic rings. The standard InChI is InChI=1S/C12H17N3/c1-10-4-5-12-11(13-10)6-7-15(12)9-8-14(2)3/h4-7H,8-9H2,1-3H3. The Morgan fingerprint density at radius 1 is 1.27 bits per heavy atom. The maximum atomic E-state index is 4.49. The summed E-state index contributed by atoms with van der Waals surface area (Å²) in [7, 11) is 4.18. The minimum absolute atomic E-state index is 1.02. The highest BCUT2D eigenvalue weighted by molar-refractivity contribution is 5.75. The Balaban J connectivity index is 2.29. The van der Waals surface area contributed by atoms with Crippen LogP contribution in [0.15, 0.2) is 24.4 Å². The molecule has 80 valence electrons. The van der Waals surface area contributed by atoms with Crippen LogP contribution in [0.3, 0.4) is 0 Å². The lowest BCUT2D eigenvalue weighted by Crippen LogP contribution is -2.17. The van der Waals surface area contributed by atoms with E-state index in [0.29, 0.717) is 0 Å². The van der Waals surface area contributed by atoms with Crippen molar-refractivity contribution < 1.29 is 0 Å². The summed E-state index contributed by atoms with van der Waals surface area (Å²) in [6.07, 6.45) is 2.11. The second-order valence-corrected chi connectivity index (χ2v) is 4.17. The monoisotopic (exact) mass is 203 g/mol. The van der Waals surface area contributed by atoms with Gasteiger partial charge >= 0.3 is 0 Å². The Bertz CT molecular complexity index is 457. The van der Waals surface area contributed by atoms with Crippen molar-refractivity contribution in [3.05, 3.63) is 30.1 Å². The largest absolute Gasteiger partial charge is 0.345 e. The molecule has 3 nitrogen and oxygen atoms in total. The molecule has 2 aromatic rings. The molecule has 0 unspecified atom stereocenters. The smallest absolute Gasteiger partial charge is 0.0884 e. The van der Waals surface area contributed by atoms with E-state index in [-0.39, 0.29) is 0 Å². The number of rotatable bonds is 3. The first-order valence-corrected chi connectivity index (χ1v) is 5.24. The van der Waals surface area contributed by atoms with Crippen LogP contribution in [-0.4, -0.2) is 35.1 Å². The van der Waals surface area contributed by atoms with Crippen LogP contribution >= 0.6 is 0 Å². The Kier molecular flexibility index (Phi) is 2.73. The van der Waals surface area contributed by atoms with Gasteiger partial charge in [-0.1, -0.05) is 0 Å². The SMILES string of the molecule is Cc1ccc2c(ccn2CCN(C)C)n1. The van der Waals surface area contributed by atoms with Crippen LogP contribution in [0.2, 0.25) is 0 Å². The average molecular weight is 203 g/mol. The molecule has 15 heavy (non-hydrogen) atoms. The van der Waals surface area contributed by atoms with Gasteiger partial charge < -0.3 is 9.47 Å². The third kappa shape index (κ3) is 2.18. The van der Waals surface area contributed by atoms with Gasteiger partial charge in [-0.3, -0.25) is 4.98 Å². The van der Waals surface area contributed by atoms with E-state index in [2.05, 4.69) is 52.9 Å². The third-order valence-corrected chi connectivity index (χ3v) is 2.55. The molecular weight excluding hydrogens is 186 g/mol. The summed E-state index contributed by atoms with van der Waals surface area (Å²) in [5, 5.41) is 0. The molecule has 0 saturated carbocycles. The quantitative estimate of drug-likeness (QED) is 0.759. The molecule has 0 aromatic carbocycles. The molecule has 0 aliphatic heterocycles. The van der Waals surface area contributed by atoms with E-state index in [1.165, 1.54) is 5.52 Å². The van der Waals surface area contributed by atoms with E-state index in [4.69, 9.17) is 0 Å². The number of fused-ring (bicyclic) bond motifs is 1. The van der Waals surface area contributed by atoms with Gasteiger partial charge in [0.1, 0.15) is 0 Å². The molecule has 0 radical (unpaired) electrons. The number of aromatic nitrogens is 2. The molecule has 0 amide bonds. The van der Waals surface area contributed by atoms with Crippen LogP contribution in [0.1, 0.15) is 5.69 Å². The first kappa shape index (κ1) is 10.2. The van der Waals surface area contributed by atoms with Crippen molar-refractivity contribution in [2.24, 2.45) is 0 Å². The summed E-state index contributed by atoms with van der Waals surface area (Å²) < 4.78 is 2.25. The first-order chi connectivity index (χ1) is 7.16. The summed E-state index contributed by atoms with van der Waals surface area (Å²) in [5.74, 6) is 0. The summed E-state index contributed by atoms with van der Waals surface area (Å²) in [6.45, 7) is 4.09. The van der Waals surface area contributed by atoms with Crippen molar-refractivity contribution in [2.45, 2.75) is 13.5 Å². The Morgan fingerprint density at radius 3 is 2.80 bits per heavy atom. The fourth-order valence-electron chi connectivity index (χ4n) is 1.68. The molecule has 0 spiro atoms. The first-order valence-electron chi connectivity index (χ1n) is 5.24. The van der Waals surface area contributed by atoms with Gasteiger partial charge in [-0.15, -0.1) is 0 Å². The van der Waals surface area contributed by atoms with Crippen molar-refractivity contribution >= 4 is 11.0 Å². The molecule has 0 saturated heterocycles. The Hall–Kier alpha value is -1.35. The van der Waals surface area contributed by atoms with Crippen LogP contribution in [-0.2, 0) is 6.54 Å². The lowest BCUT2D eigenvalue weighted by atomic mass is 10.3. The van der Waals surface area contributed by atoms with Gasteiger partial charge in [0.15, 0.2) is 0 Å². The molecule has 0 fully saturated rings. The van der Waals surface area contributed by atoms with Gasteiger partial charge in [0.2, 0.25) is 0 Å². The van der Waals surface area contributed by atoms with Gasteiger partial charge in [0.05, 0.1) is 11.0 Å². The lowest BCUT2D eigenvalue weighted by Gasteiger charge is -2.10. The third-order valence-electron chi connectivity index (χ3n) is 2.55. The average Bonchev–Trinajstić information content (AvgIpc) is 2.57. The van der Waals surface area contributed by atoms with E-state index in [0.717, 1.165) is 24.3 Å². The van der Waals surface area contributed by atoms with Crippen molar-refractivity contribution in [3.8, 4) is 0 Å². The fraction of sp³-hybridized carbons (Fsp3) is 0.417. The normalized spacial score (nSPS) is 11.5. The molecular formula is C12H17N3. The maximum Gasteiger partial charge on any atom is 0.0884 e. The number of hydrogen-bond donors (Lipinski definition) is 0. The number of nitrogens with zero attached hydrogens (tertiary/aromatic N) is 3. The molecule has 0 bridgehead atoms. The van der Waals surface area contributed by atoms with Crippen LogP contribution in [0.4, 0.5) is 0 Å². The van der Waals surface area contributed by atoms with E-state index >= 15 is 0 Å². The topological polar surface area (TPSA) is 21.1 Å². The van der Waals surface area contributed by atoms with Crippen LogP contribution in [0.25, 0.3) is 11.0 Å². The van der Waals surface area contributed by atoms with E-state index in [1.54, 1.807) is 0 Å². The predicted octanol–water partition coefficient (Wildman–Crippen LogP) is 1.91. The molecule has 0 atom stereocenters. The van der Waals surface area contributed by atoms with Gasteiger partial charge in [-0.05, 0) is 39.2 Å². The molecule has 2 aromatic heterocycles. The van der Waals surface area contributed by atoms with Crippen molar-refractivity contribution in [3.63, 3.8) is 0 Å². The van der Waals surface area contributed by atoms with E-state index < -0.39 is 0 Å². The summed E-state index contributed by atoms with van der Waals surface area (Å²) in [4.78, 5) is 6.68. The zero-order valence-electron chi connectivity index (χ0n) is 9.57. The summed E-state index contributed by atoms with van der Waals surface area (Å²) >= 11 is 0. The lowest BCUT2D eigenvalue weighted by molar-refractivity contribution is 0.387. The van der Waals surface area contributed by atoms with Gasteiger partial charge in [0, 0.05) is 25.0 Å². The second kappa shape index (κ2) is 4.03. The van der Waals surface area contributed by atoms with Crippen molar-refractivity contribution in [1.29, 1.82) is 0 Å². The van der Waals surface area contributed by atoms with E-state index in [9.17, 15) is 0 Å². The Morgan fingerprint density at radius 2 is 2.07 bits per heavy atom. The summed E-state index contributed by atoms with van der Waals surface area (Å²) in [6, 6.07) is 6.29. The van der Waals surface area contributed by atoms with Crippen molar-refractivity contribution in [2.75, 3.05) is 20.6 Å². The molecule has 0 aliphatic carbocycles. The molecule has 0 N–H and O–H groups in total. The number of likely N-dealkylation sites (N-methyl/N-ethyl adjacent to an activating group) is 1. The van der Waals surface area contributed by atoms with Crippen molar-refractivity contribution in [1.82, 2.24) is 14.5 Å². The number of pyridine rings is 1. The minimum Gasteiger partial charge on any atom is -0.345 e. The second-order valence-electron chi connectivity index (χ2n) is 4.17. The van der Waals surface area contributed by atoms with Gasteiger partial charge in [-0.2, -0.15) is 0 Å². The zero-order valence-corrected chi connectivity index (χ0v) is 9.57.